The van der Waals surface area contributed by atoms with Gasteiger partial charge in [-0.15, -0.1) is 0 Å². The molecule has 154 valence electrons. The van der Waals surface area contributed by atoms with Crippen LogP contribution in [0.1, 0.15) is 27.2 Å². The monoisotopic (exact) mass is 390 g/mol. The number of piperazine rings is 1. The van der Waals surface area contributed by atoms with Crippen molar-refractivity contribution in [3.05, 3.63) is 30.3 Å². The number of rotatable bonds is 6. The molecule has 1 aliphatic rings. The lowest BCUT2D eigenvalue weighted by Crippen LogP contribution is -2.50. The van der Waals surface area contributed by atoms with E-state index in [0.29, 0.717) is 32.7 Å². The molecule has 3 amide bonds. The van der Waals surface area contributed by atoms with Gasteiger partial charge in [0.1, 0.15) is 5.60 Å². The molecule has 1 fully saturated rings. The van der Waals surface area contributed by atoms with E-state index < -0.39 is 11.7 Å². The minimum absolute atomic E-state index is 0.00977. The van der Waals surface area contributed by atoms with Crippen molar-refractivity contribution in [3.63, 3.8) is 0 Å². The fraction of sp³-hybridized carbons (Fsp3) is 0.550. The Labute approximate surface area is 166 Å². The molecule has 1 heterocycles. The number of ether oxygens (including phenoxy) is 1. The van der Waals surface area contributed by atoms with Crippen LogP contribution in [0.2, 0.25) is 0 Å². The highest BCUT2D eigenvalue weighted by Gasteiger charge is 2.22. The Kier molecular flexibility index (Phi) is 7.80. The molecule has 8 heteroatoms. The maximum absolute atomic E-state index is 12.3. The normalized spacial score (nSPS) is 15.0. The van der Waals surface area contributed by atoms with Crippen LogP contribution in [0.3, 0.4) is 0 Å². The van der Waals surface area contributed by atoms with E-state index in [-0.39, 0.29) is 24.8 Å². The smallest absolute Gasteiger partial charge is 0.407 e. The van der Waals surface area contributed by atoms with Crippen molar-refractivity contribution >= 4 is 23.6 Å². The number of para-hydroxylation sites is 1. The van der Waals surface area contributed by atoms with E-state index in [4.69, 9.17) is 4.74 Å². The molecule has 0 atom stereocenters. The van der Waals surface area contributed by atoms with Crippen molar-refractivity contribution in [1.82, 2.24) is 15.1 Å². The summed E-state index contributed by atoms with van der Waals surface area (Å²) in [5.41, 5.74) is 0.218. The topological polar surface area (TPSA) is 91.0 Å². The van der Waals surface area contributed by atoms with Gasteiger partial charge in [0.15, 0.2) is 0 Å². The number of hydrogen-bond donors (Lipinski definition) is 2. The van der Waals surface area contributed by atoms with Gasteiger partial charge in [-0.05, 0) is 32.9 Å². The first-order valence-corrected chi connectivity index (χ1v) is 9.55. The van der Waals surface area contributed by atoms with Crippen molar-refractivity contribution in [2.24, 2.45) is 0 Å². The Hall–Kier alpha value is -2.61. The highest BCUT2D eigenvalue weighted by atomic mass is 16.6. The maximum Gasteiger partial charge on any atom is 0.407 e. The van der Waals surface area contributed by atoms with Crippen molar-refractivity contribution < 1.29 is 19.1 Å². The van der Waals surface area contributed by atoms with Gasteiger partial charge in [0, 0.05) is 44.8 Å². The molecule has 2 N–H and O–H groups in total. The lowest BCUT2D eigenvalue weighted by molar-refractivity contribution is -0.132. The molecular formula is C20H30N4O4. The zero-order chi connectivity index (χ0) is 20.6. The molecule has 2 rings (SSSR count). The number of benzene rings is 1. The third kappa shape index (κ3) is 7.96. The average Bonchev–Trinajstić information content (AvgIpc) is 2.61. The summed E-state index contributed by atoms with van der Waals surface area (Å²) in [5, 5.41) is 5.46. The summed E-state index contributed by atoms with van der Waals surface area (Å²) in [4.78, 5) is 39.8. The lowest BCUT2D eigenvalue weighted by atomic mass is 10.2. The van der Waals surface area contributed by atoms with Gasteiger partial charge in [-0.1, -0.05) is 18.2 Å². The second-order valence-corrected chi connectivity index (χ2v) is 7.75. The summed E-state index contributed by atoms with van der Waals surface area (Å²) in [7, 11) is 0. The summed E-state index contributed by atoms with van der Waals surface area (Å²) in [6, 6.07) is 9.34. The van der Waals surface area contributed by atoms with E-state index in [0.717, 1.165) is 5.69 Å². The quantitative estimate of drug-likeness (QED) is 0.771. The first-order chi connectivity index (χ1) is 13.2. The first-order valence-electron chi connectivity index (χ1n) is 9.55. The number of nitrogens with zero attached hydrogens (tertiary/aromatic N) is 2. The summed E-state index contributed by atoms with van der Waals surface area (Å²) < 4.78 is 5.14. The fourth-order valence-corrected chi connectivity index (χ4v) is 2.82. The first kappa shape index (κ1) is 21.7. The van der Waals surface area contributed by atoms with Gasteiger partial charge in [-0.2, -0.15) is 0 Å². The van der Waals surface area contributed by atoms with Gasteiger partial charge in [-0.3, -0.25) is 14.5 Å². The lowest BCUT2D eigenvalue weighted by Gasteiger charge is -2.34. The van der Waals surface area contributed by atoms with Crippen LogP contribution in [-0.4, -0.2) is 72.6 Å². The zero-order valence-electron chi connectivity index (χ0n) is 16.9. The van der Waals surface area contributed by atoms with E-state index >= 15 is 0 Å². The number of nitrogens with one attached hydrogen (secondary N) is 2. The summed E-state index contributed by atoms with van der Waals surface area (Å²) in [5.74, 6) is -0.0722. The Morgan fingerprint density at radius 2 is 1.68 bits per heavy atom. The molecular weight excluding hydrogens is 360 g/mol. The molecule has 1 aromatic carbocycles. The molecule has 28 heavy (non-hydrogen) atoms. The maximum atomic E-state index is 12.3. The van der Waals surface area contributed by atoms with Gasteiger partial charge >= 0.3 is 6.09 Å². The fourth-order valence-electron chi connectivity index (χ4n) is 2.82. The van der Waals surface area contributed by atoms with E-state index in [1.165, 1.54) is 0 Å². The molecule has 0 saturated carbocycles. The van der Waals surface area contributed by atoms with Gasteiger partial charge < -0.3 is 20.3 Å². The van der Waals surface area contributed by atoms with Crippen molar-refractivity contribution in [1.29, 1.82) is 0 Å². The van der Waals surface area contributed by atoms with Crippen LogP contribution >= 0.6 is 0 Å². The molecule has 0 aliphatic carbocycles. The summed E-state index contributed by atoms with van der Waals surface area (Å²) >= 11 is 0. The Morgan fingerprint density at radius 3 is 2.29 bits per heavy atom. The van der Waals surface area contributed by atoms with Crippen LogP contribution in [-0.2, 0) is 14.3 Å². The Morgan fingerprint density at radius 1 is 1.04 bits per heavy atom. The molecule has 8 nitrogen and oxygen atoms in total. The molecule has 1 aliphatic heterocycles. The van der Waals surface area contributed by atoms with Crippen LogP contribution in [0.15, 0.2) is 30.3 Å². The summed E-state index contributed by atoms with van der Waals surface area (Å²) in [6.07, 6.45) is -0.289. The highest BCUT2D eigenvalue weighted by Crippen LogP contribution is 2.08. The van der Waals surface area contributed by atoms with Gasteiger partial charge in [0.2, 0.25) is 11.8 Å². The SMILES string of the molecule is CC(C)(C)OC(=O)NCCC(=O)N1CCN(CC(=O)Nc2ccccc2)CC1. The number of carbonyl (C=O) groups is 3. The Bertz CT molecular complexity index is 665. The number of hydrogen-bond acceptors (Lipinski definition) is 5. The molecule has 0 aromatic heterocycles. The number of anilines is 1. The predicted octanol–water partition coefficient (Wildman–Crippen LogP) is 1.68. The van der Waals surface area contributed by atoms with E-state index in [9.17, 15) is 14.4 Å². The van der Waals surface area contributed by atoms with Gasteiger partial charge in [0.25, 0.3) is 0 Å². The van der Waals surface area contributed by atoms with Crippen LogP contribution in [0.25, 0.3) is 0 Å². The van der Waals surface area contributed by atoms with E-state index in [2.05, 4.69) is 10.6 Å². The Balaban J connectivity index is 1.64. The van der Waals surface area contributed by atoms with Gasteiger partial charge in [0.05, 0.1) is 6.54 Å². The second-order valence-electron chi connectivity index (χ2n) is 7.75. The van der Waals surface area contributed by atoms with E-state index in [1.807, 2.05) is 35.2 Å². The minimum atomic E-state index is -0.558. The molecule has 1 aromatic rings. The predicted molar refractivity (Wildman–Crippen MR) is 107 cm³/mol. The third-order valence-electron chi connectivity index (χ3n) is 4.16. The standard InChI is InChI=1S/C20H30N4O4/c1-20(2,3)28-19(27)21-10-9-18(26)24-13-11-23(12-14-24)15-17(25)22-16-7-5-4-6-8-16/h4-8H,9-15H2,1-3H3,(H,21,27)(H,22,25). The van der Waals surface area contributed by atoms with Crippen molar-refractivity contribution in [2.75, 3.05) is 44.6 Å². The van der Waals surface area contributed by atoms with Crippen LogP contribution < -0.4 is 10.6 Å². The van der Waals surface area contributed by atoms with Crippen LogP contribution in [0.4, 0.5) is 10.5 Å². The molecule has 0 radical (unpaired) electrons. The zero-order valence-corrected chi connectivity index (χ0v) is 16.9. The van der Waals surface area contributed by atoms with Gasteiger partial charge in [-0.25, -0.2) is 4.79 Å². The highest BCUT2D eigenvalue weighted by molar-refractivity contribution is 5.92. The largest absolute Gasteiger partial charge is 0.444 e. The number of carbonyl (C=O) groups excluding carboxylic acids is 3. The molecule has 0 unspecified atom stereocenters. The van der Waals surface area contributed by atoms with Crippen molar-refractivity contribution in [3.8, 4) is 0 Å². The van der Waals surface area contributed by atoms with Crippen molar-refractivity contribution in [2.45, 2.75) is 32.8 Å². The minimum Gasteiger partial charge on any atom is -0.444 e. The third-order valence-corrected chi connectivity index (χ3v) is 4.16. The van der Waals surface area contributed by atoms with Crippen LogP contribution in [0, 0.1) is 0 Å². The number of alkyl carbamates (subject to hydrolysis) is 1. The molecule has 1 saturated heterocycles. The van der Waals surface area contributed by atoms with Crippen LogP contribution in [0.5, 0.6) is 0 Å². The number of amides is 3. The van der Waals surface area contributed by atoms with E-state index in [1.54, 1.807) is 25.7 Å². The molecule has 0 spiro atoms. The summed E-state index contributed by atoms with van der Waals surface area (Å²) in [6.45, 7) is 8.35. The average molecular weight is 390 g/mol. The molecule has 0 bridgehead atoms. The second kappa shape index (κ2) is 10.1.